The fourth-order valence-corrected chi connectivity index (χ4v) is 2.60. The van der Waals surface area contributed by atoms with Crippen LogP contribution < -0.4 is 10.6 Å². The molecule has 0 spiro atoms. The van der Waals surface area contributed by atoms with Crippen LogP contribution in [0.5, 0.6) is 0 Å². The highest BCUT2D eigenvalue weighted by Gasteiger charge is 2.30. The van der Waals surface area contributed by atoms with Crippen LogP contribution >= 0.6 is 0 Å². The average Bonchev–Trinajstić information content (AvgIpc) is 3.10. The van der Waals surface area contributed by atoms with Crippen LogP contribution in [0.15, 0.2) is 0 Å². The van der Waals surface area contributed by atoms with Gasteiger partial charge in [-0.3, -0.25) is 4.79 Å². The van der Waals surface area contributed by atoms with Gasteiger partial charge in [0.05, 0.1) is 6.04 Å². The van der Waals surface area contributed by atoms with Crippen molar-refractivity contribution in [2.75, 3.05) is 13.1 Å². The third-order valence-corrected chi connectivity index (χ3v) is 4.08. The molecule has 3 heteroatoms. The molecule has 0 bridgehead atoms. The van der Waals surface area contributed by atoms with Crippen molar-refractivity contribution in [2.24, 2.45) is 17.8 Å². The molecule has 2 N–H and O–H groups in total. The Morgan fingerprint density at radius 3 is 2.81 bits per heavy atom. The van der Waals surface area contributed by atoms with Crippen LogP contribution in [0.2, 0.25) is 0 Å². The second-order valence-electron chi connectivity index (χ2n) is 5.61. The summed E-state index contributed by atoms with van der Waals surface area (Å²) in [4.78, 5) is 12.0. The SMILES string of the molecule is CC(CNC(=O)C1NCCCC1C)C1CC1. The minimum Gasteiger partial charge on any atom is -0.354 e. The number of hydrogen-bond acceptors (Lipinski definition) is 2. The molecule has 0 aromatic heterocycles. The van der Waals surface area contributed by atoms with Crippen molar-refractivity contribution in [1.29, 1.82) is 0 Å². The van der Waals surface area contributed by atoms with Gasteiger partial charge in [-0.1, -0.05) is 13.8 Å². The fraction of sp³-hybridized carbons (Fsp3) is 0.923. The molecule has 0 radical (unpaired) electrons. The molecule has 3 atom stereocenters. The van der Waals surface area contributed by atoms with Crippen molar-refractivity contribution in [2.45, 2.75) is 45.6 Å². The van der Waals surface area contributed by atoms with Crippen molar-refractivity contribution in [3.63, 3.8) is 0 Å². The van der Waals surface area contributed by atoms with Crippen molar-refractivity contribution < 1.29 is 4.79 Å². The summed E-state index contributed by atoms with van der Waals surface area (Å²) in [6.07, 6.45) is 5.08. The summed E-state index contributed by atoms with van der Waals surface area (Å²) in [5.74, 6) is 2.21. The van der Waals surface area contributed by atoms with E-state index in [1.807, 2.05) is 0 Å². The lowest BCUT2D eigenvalue weighted by molar-refractivity contribution is -0.125. The lowest BCUT2D eigenvalue weighted by atomic mass is 9.92. The summed E-state index contributed by atoms with van der Waals surface area (Å²) in [6, 6.07) is 0.0418. The van der Waals surface area contributed by atoms with Gasteiger partial charge in [-0.05, 0) is 50.0 Å². The first-order chi connectivity index (χ1) is 7.68. The van der Waals surface area contributed by atoms with Crippen LogP contribution in [0.25, 0.3) is 0 Å². The molecule has 2 rings (SSSR count). The zero-order valence-corrected chi connectivity index (χ0v) is 10.5. The number of nitrogens with one attached hydrogen (secondary N) is 2. The number of hydrogen-bond donors (Lipinski definition) is 2. The maximum Gasteiger partial charge on any atom is 0.237 e. The second kappa shape index (κ2) is 5.17. The van der Waals surface area contributed by atoms with E-state index >= 15 is 0 Å². The molecule has 0 aromatic rings. The molecule has 3 unspecified atom stereocenters. The minimum absolute atomic E-state index is 0.0418. The Balaban J connectivity index is 1.73. The molecule has 0 aromatic carbocycles. The van der Waals surface area contributed by atoms with Gasteiger partial charge in [0, 0.05) is 6.54 Å². The molecule has 1 heterocycles. The Kier molecular flexibility index (Phi) is 3.85. The first-order valence-electron chi connectivity index (χ1n) is 6.69. The number of carbonyl (C=O) groups excluding carboxylic acids is 1. The maximum absolute atomic E-state index is 12.0. The molecule has 2 fully saturated rings. The van der Waals surface area contributed by atoms with Crippen LogP contribution in [0, 0.1) is 17.8 Å². The van der Waals surface area contributed by atoms with E-state index in [0.717, 1.165) is 19.0 Å². The van der Waals surface area contributed by atoms with E-state index in [9.17, 15) is 4.79 Å². The smallest absolute Gasteiger partial charge is 0.237 e. The van der Waals surface area contributed by atoms with E-state index in [0.29, 0.717) is 11.8 Å². The Morgan fingerprint density at radius 2 is 2.19 bits per heavy atom. The highest BCUT2D eigenvalue weighted by atomic mass is 16.2. The Hall–Kier alpha value is -0.570. The Morgan fingerprint density at radius 1 is 1.44 bits per heavy atom. The fourth-order valence-electron chi connectivity index (χ4n) is 2.60. The normalized spacial score (nSPS) is 32.1. The summed E-state index contributed by atoms with van der Waals surface area (Å²) < 4.78 is 0. The zero-order valence-electron chi connectivity index (χ0n) is 10.5. The third-order valence-electron chi connectivity index (χ3n) is 4.08. The first kappa shape index (κ1) is 11.9. The number of rotatable bonds is 4. The summed E-state index contributed by atoms with van der Waals surface area (Å²) in [5.41, 5.74) is 0. The largest absolute Gasteiger partial charge is 0.354 e. The van der Waals surface area contributed by atoms with Gasteiger partial charge in [-0.25, -0.2) is 0 Å². The van der Waals surface area contributed by atoms with E-state index < -0.39 is 0 Å². The third kappa shape index (κ3) is 2.97. The van der Waals surface area contributed by atoms with Crippen molar-refractivity contribution in [3.8, 4) is 0 Å². The van der Waals surface area contributed by atoms with E-state index in [2.05, 4.69) is 24.5 Å². The summed E-state index contributed by atoms with van der Waals surface area (Å²) >= 11 is 0. The second-order valence-corrected chi connectivity index (χ2v) is 5.61. The number of carbonyl (C=O) groups is 1. The molecule has 1 saturated carbocycles. The average molecular weight is 224 g/mol. The zero-order chi connectivity index (χ0) is 11.5. The lowest BCUT2D eigenvalue weighted by Gasteiger charge is -2.29. The van der Waals surface area contributed by atoms with Crippen molar-refractivity contribution in [3.05, 3.63) is 0 Å². The molecule has 3 nitrogen and oxygen atoms in total. The van der Waals surface area contributed by atoms with E-state index in [4.69, 9.17) is 0 Å². The highest BCUT2D eigenvalue weighted by Crippen LogP contribution is 2.36. The molecule has 1 aliphatic carbocycles. The molecular weight excluding hydrogens is 200 g/mol. The summed E-state index contributed by atoms with van der Waals surface area (Å²) in [5, 5.41) is 6.43. The van der Waals surface area contributed by atoms with Gasteiger partial charge >= 0.3 is 0 Å². The van der Waals surface area contributed by atoms with Gasteiger partial charge in [0.25, 0.3) is 0 Å². The quantitative estimate of drug-likeness (QED) is 0.760. The summed E-state index contributed by atoms with van der Waals surface area (Å²) in [6.45, 7) is 6.26. The van der Waals surface area contributed by atoms with Crippen LogP contribution in [-0.2, 0) is 4.79 Å². The van der Waals surface area contributed by atoms with Crippen LogP contribution in [-0.4, -0.2) is 25.0 Å². The highest BCUT2D eigenvalue weighted by molar-refractivity contribution is 5.82. The van der Waals surface area contributed by atoms with E-state index in [1.54, 1.807) is 0 Å². The Labute approximate surface area is 98.4 Å². The van der Waals surface area contributed by atoms with Gasteiger partial charge in [-0.15, -0.1) is 0 Å². The van der Waals surface area contributed by atoms with Gasteiger partial charge in [-0.2, -0.15) is 0 Å². The molecule has 1 amide bonds. The molecule has 92 valence electrons. The van der Waals surface area contributed by atoms with Crippen LogP contribution in [0.3, 0.4) is 0 Å². The van der Waals surface area contributed by atoms with Crippen LogP contribution in [0.4, 0.5) is 0 Å². The maximum atomic E-state index is 12.0. The van der Waals surface area contributed by atoms with E-state index in [-0.39, 0.29) is 11.9 Å². The molecular formula is C13H24N2O. The molecule has 16 heavy (non-hydrogen) atoms. The first-order valence-corrected chi connectivity index (χ1v) is 6.69. The predicted octanol–water partition coefficient (Wildman–Crippen LogP) is 1.54. The topological polar surface area (TPSA) is 41.1 Å². The molecule has 1 aliphatic heterocycles. The van der Waals surface area contributed by atoms with Crippen LogP contribution in [0.1, 0.15) is 39.5 Å². The Bertz CT molecular complexity index is 250. The molecule has 1 saturated heterocycles. The number of amides is 1. The van der Waals surface area contributed by atoms with Gasteiger partial charge < -0.3 is 10.6 Å². The monoisotopic (exact) mass is 224 g/mol. The standard InChI is InChI=1S/C13H24N2O/c1-9-4-3-7-14-12(9)13(16)15-8-10(2)11-5-6-11/h9-12,14H,3-8H2,1-2H3,(H,15,16). The lowest BCUT2D eigenvalue weighted by Crippen LogP contribution is -2.51. The summed E-state index contributed by atoms with van der Waals surface area (Å²) in [7, 11) is 0. The van der Waals surface area contributed by atoms with Crippen molar-refractivity contribution >= 4 is 5.91 Å². The van der Waals surface area contributed by atoms with E-state index in [1.165, 1.54) is 25.7 Å². The minimum atomic E-state index is 0.0418. The van der Waals surface area contributed by atoms with Crippen molar-refractivity contribution in [1.82, 2.24) is 10.6 Å². The van der Waals surface area contributed by atoms with Gasteiger partial charge in [0.2, 0.25) is 5.91 Å². The van der Waals surface area contributed by atoms with Gasteiger partial charge in [0.15, 0.2) is 0 Å². The number of piperidine rings is 1. The predicted molar refractivity (Wildman–Crippen MR) is 65.1 cm³/mol. The van der Waals surface area contributed by atoms with Gasteiger partial charge in [0.1, 0.15) is 0 Å². The molecule has 2 aliphatic rings.